The Morgan fingerprint density at radius 1 is 1.16 bits per heavy atom. The van der Waals surface area contributed by atoms with E-state index in [0.717, 1.165) is 35.6 Å². The van der Waals surface area contributed by atoms with Crippen molar-refractivity contribution in [3.63, 3.8) is 0 Å². The van der Waals surface area contributed by atoms with Crippen LogP contribution in [0.2, 0.25) is 0 Å². The number of hydrogen-bond acceptors (Lipinski definition) is 5. The lowest BCUT2D eigenvalue weighted by Crippen LogP contribution is -2.12. The van der Waals surface area contributed by atoms with Crippen molar-refractivity contribution in [3.8, 4) is 0 Å². The number of nitrogens with one attached hydrogen (secondary N) is 1. The fraction of sp³-hybridized carbons (Fsp3) is 0.0667. The molecule has 0 radical (unpaired) electrons. The van der Waals surface area contributed by atoms with Crippen LogP contribution in [0.25, 0.3) is 10.2 Å². The molecule has 3 aromatic rings. The highest BCUT2D eigenvalue weighted by Crippen LogP contribution is 2.30. The molecule has 0 saturated carbocycles. The molecule has 0 fully saturated rings. The number of carbonyl (C=O) groups excluding carboxylic acids is 1. The summed E-state index contributed by atoms with van der Waals surface area (Å²) in [5.74, 6) is -0.623. The van der Waals surface area contributed by atoms with Crippen LogP contribution in [0.4, 0.5) is 24.0 Å². The zero-order valence-corrected chi connectivity index (χ0v) is 13.0. The van der Waals surface area contributed by atoms with Gasteiger partial charge >= 0.3 is 6.18 Å². The summed E-state index contributed by atoms with van der Waals surface area (Å²) < 4.78 is 38.2. The number of anilines is 1. The van der Waals surface area contributed by atoms with Gasteiger partial charge in [-0.25, -0.2) is 4.98 Å². The summed E-state index contributed by atoms with van der Waals surface area (Å²) in [6, 6.07) is 7.88. The molecule has 128 valence electrons. The van der Waals surface area contributed by atoms with Gasteiger partial charge < -0.3 is 0 Å². The number of halogens is 3. The molecule has 0 aliphatic carbocycles. The van der Waals surface area contributed by atoms with Crippen LogP contribution in [-0.2, 0) is 6.18 Å². The fourth-order valence-corrected chi connectivity index (χ4v) is 2.90. The first kappa shape index (κ1) is 16.8. The van der Waals surface area contributed by atoms with Crippen molar-refractivity contribution in [1.82, 2.24) is 4.98 Å². The van der Waals surface area contributed by atoms with Crippen LogP contribution in [0.15, 0.2) is 42.5 Å². The van der Waals surface area contributed by atoms with Crippen LogP contribution in [0, 0.1) is 10.1 Å². The second kappa shape index (κ2) is 6.13. The van der Waals surface area contributed by atoms with Gasteiger partial charge in [0.05, 0.1) is 20.7 Å². The molecule has 25 heavy (non-hydrogen) atoms. The highest BCUT2D eigenvalue weighted by Gasteiger charge is 2.30. The van der Waals surface area contributed by atoms with Gasteiger partial charge in [-0.3, -0.25) is 20.2 Å². The minimum atomic E-state index is -4.48. The Kier molecular flexibility index (Phi) is 4.13. The summed E-state index contributed by atoms with van der Waals surface area (Å²) in [5.41, 5.74) is -0.588. The monoisotopic (exact) mass is 367 g/mol. The van der Waals surface area contributed by atoms with Crippen molar-refractivity contribution in [1.29, 1.82) is 0 Å². The lowest BCUT2D eigenvalue weighted by atomic mass is 10.1. The molecule has 0 atom stereocenters. The largest absolute Gasteiger partial charge is 0.416 e. The molecule has 2 aromatic carbocycles. The molecule has 0 saturated heterocycles. The van der Waals surface area contributed by atoms with E-state index in [0.29, 0.717) is 10.2 Å². The summed E-state index contributed by atoms with van der Waals surface area (Å²) in [5, 5.41) is 13.4. The number of thiazole rings is 1. The first-order chi connectivity index (χ1) is 11.7. The van der Waals surface area contributed by atoms with Gasteiger partial charge in [0.15, 0.2) is 5.13 Å². The normalized spacial score (nSPS) is 11.5. The Morgan fingerprint density at radius 2 is 1.84 bits per heavy atom. The third-order valence-electron chi connectivity index (χ3n) is 3.28. The summed E-state index contributed by atoms with van der Waals surface area (Å²) in [6.07, 6.45) is -4.48. The first-order valence-corrected chi connectivity index (χ1v) is 7.59. The Bertz CT molecular complexity index is 968. The van der Waals surface area contributed by atoms with E-state index in [9.17, 15) is 28.1 Å². The number of aromatic nitrogens is 1. The number of carbonyl (C=O) groups is 1. The van der Waals surface area contributed by atoms with Gasteiger partial charge in [-0.2, -0.15) is 13.2 Å². The molecule has 0 unspecified atom stereocenters. The Balaban J connectivity index is 1.80. The van der Waals surface area contributed by atoms with Crippen molar-refractivity contribution in [3.05, 3.63) is 63.7 Å². The number of non-ortho nitro benzene ring substituents is 1. The smallest absolute Gasteiger partial charge is 0.298 e. The van der Waals surface area contributed by atoms with Crippen molar-refractivity contribution in [2.75, 3.05) is 5.32 Å². The minimum absolute atomic E-state index is 0.0400. The molecular weight excluding hydrogens is 359 g/mol. The molecule has 6 nitrogen and oxygen atoms in total. The van der Waals surface area contributed by atoms with Gasteiger partial charge in [0.1, 0.15) is 0 Å². The number of alkyl halides is 3. The predicted octanol–water partition coefficient (Wildman–Crippen LogP) is 4.48. The quantitative estimate of drug-likeness (QED) is 0.546. The molecule has 1 amide bonds. The average Bonchev–Trinajstić information content (AvgIpc) is 2.95. The molecule has 0 aliphatic rings. The molecule has 10 heteroatoms. The van der Waals surface area contributed by atoms with E-state index in [-0.39, 0.29) is 16.4 Å². The van der Waals surface area contributed by atoms with Crippen LogP contribution in [0.5, 0.6) is 0 Å². The molecule has 0 bridgehead atoms. The van der Waals surface area contributed by atoms with Crippen LogP contribution in [-0.4, -0.2) is 15.8 Å². The van der Waals surface area contributed by atoms with Gasteiger partial charge in [-0.05, 0) is 30.3 Å². The average molecular weight is 367 g/mol. The number of nitrogens with zero attached hydrogens (tertiary/aromatic N) is 2. The van der Waals surface area contributed by atoms with Crippen molar-refractivity contribution in [2.24, 2.45) is 0 Å². The first-order valence-electron chi connectivity index (χ1n) is 6.77. The maximum atomic E-state index is 12.5. The van der Waals surface area contributed by atoms with E-state index in [1.54, 1.807) is 0 Å². The lowest BCUT2D eigenvalue weighted by molar-refractivity contribution is -0.384. The van der Waals surface area contributed by atoms with Crippen molar-refractivity contribution >= 4 is 38.3 Å². The number of nitro benzene ring substituents is 1. The van der Waals surface area contributed by atoms with E-state index in [1.165, 1.54) is 18.2 Å². The third kappa shape index (κ3) is 3.58. The molecular formula is C15H8F3N3O3S. The number of amides is 1. The van der Waals surface area contributed by atoms with Gasteiger partial charge in [0, 0.05) is 17.7 Å². The summed E-state index contributed by atoms with van der Waals surface area (Å²) in [4.78, 5) is 26.4. The zero-order valence-electron chi connectivity index (χ0n) is 12.2. The van der Waals surface area contributed by atoms with Gasteiger partial charge in [0.25, 0.3) is 11.6 Å². The highest BCUT2D eigenvalue weighted by atomic mass is 32.1. The van der Waals surface area contributed by atoms with E-state index < -0.39 is 22.6 Å². The van der Waals surface area contributed by atoms with Crippen molar-refractivity contribution in [2.45, 2.75) is 6.18 Å². The molecule has 0 spiro atoms. The fourth-order valence-electron chi connectivity index (χ4n) is 2.06. The standard InChI is InChI=1S/C15H8F3N3O3S/c16-15(17,18)9-3-1-8(2-4-9)13(22)20-14-19-11-7-10(21(23)24)5-6-12(11)25-14/h1-7H,(H,19,20,22). The second-order valence-corrected chi connectivity index (χ2v) is 5.99. The number of fused-ring (bicyclic) bond motifs is 1. The van der Waals surface area contributed by atoms with Gasteiger partial charge in [-0.15, -0.1) is 0 Å². The van der Waals surface area contributed by atoms with E-state index in [2.05, 4.69) is 10.3 Å². The summed E-state index contributed by atoms with van der Waals surface area (Å²) in [7, 11) is 0. The molecule has 1 aromatic heterocycles. The highest BCUT2D eigenvalue weighted by molar-refractivity contribution is 7.22. The minimum Gasteiger partial charge on any atom is -0.298 e. The topological polar surface area (TPSA) is 85.1 Å². The Morgan fingerprint density at radius 3 is 2.44 bits per heavy atom. The molecule has 3 rings (SSSR count). The molecule has 1 heterocycles. The third-order valence-corrected chi connectivity index (χ3v) is 4.23. The number of hydrogen-bond donors (Lipinski definition) is 1. The maximum absolute atomic E-state index is 12.5. The Hall–Kier alpha value is -3.01. The zero-order chi connectivity index (χ0) is 18.2. The lowest BCUT2D eigenvalue weighted by Gasteiger charge is -2.07. The summed E-state index contributed by atoms with van der Waals surface area (Å²) in [6.45, 7) is 0. The van der Waals surface area contributed by atoms with Crippen LogP contribution in [0.3, 0.4) is 0 Å². The molecule has 1 N–H and O–H groups in total. The SMILES string of the molecule is O=C(Nc1nc2cc([N+](=O)[O-])ccc2s1)c1ccc(C(F)(F)F)cc1. The molecule has 0 aliphatic heterocycles. The predicted molar refractivity (Wildman–Crippen MR) is 85.7 cm³/mol. The maximum Gasteiger partial charge on any atom is 0.416 e. The van der Waals surface area contributed by atoms with Crippen LogP contribution < -0.4 is 5.32 Å². The van der Waals surface area contributed by atoms with Crippen molar-refractivity contribution < 1.29 is 22.9 Å². The van der Waals surface area contributed by atoms with Crippen LogP contribution in [0.1, 0.15) is 15.9 Å². The van der Waals surface area contributed by atoms with E-state index in [4.69, 9.17) is 0 Å². The number of rotatable bonds is 3. The summed E-state index contributed by atoms with van der Waals surface area (Å²) >= 11 is 1.10. The van der Waals surface area contributed by atoms with Gasteiger partial charge in [-0.1, -0.05) is 11.3 Å². The number of benzene rings is 2. The number of nitro groups is 1. The second-order valence-electron chi connectivity index (χ2n) is 4.96. The van der Waals surface area contributed by atoms with Crippen LogP contribution >= 0.6 is 11.3 Å². The van der Waals surface area contributed by atoms with E-state index >= 15 is 0 Å². The van der Waals surface area contributed by atoms with Gasteiger partial charge in [0.2, 0.25) is 0 Å². The van der Waals surface area contributed by atoms with E-state index in [1.807, 2.05) is 0 Å². The Labute approximate surface area is 142 Å².